The normalized spacial score (nSPS) is 21.5. The van der Waals surface area contributed by atoms with Gasteiger partial charge in [0.15, 0.2) is 17.1 Å². The van der Waals surface area contributed by atoms with E-state index in [0.29, 0.717) is 35.4 Å². The lowest BCUT2D eigenvalue weighted by molar-refractivity contribution is -0.127. The van der Waals surface area contributed by atoms with Gasteiger partial charge in [-0.25, -0.2) is 9.37 Å². The van der Waals surface area contributed by atoms with E-state index >= 15 is 0 Å². The highest BCUT2D eigenvalue weighted by molar-refractivity contribution is 6.10. The molecule has 3 aromatic rings. The van der Waals surface area contributed by atoms with Crippen LogP contribution < -0.4 is 15.0 Å². The molecule has 178 valence electrons. The molecule has 5 heterocycles. The molecule has 2 saturated heterocycles. The third kappa shape index (κ3) is 3.04. The van der Waals surface area contributed by atoms with E-state index in [1.165, 1.54) is 23.0 Å². The first kappa shape index (κ1) is 21.3. The van der Waals surface area contributed by atoms with Crippen LogP contribution in [-0.2, 0) is 26.3 Å². The van der Waals surface area contributed by atoms with E-state index in [2.05, 4.69) is 10.3 Å². The van der Waals surface area contributed by atoms with E-state index in [1.54, 1.807) is 24.3 Å². The van der Waals surface area contributed by atoms with Gasteiger partial charge < -0.3 is 14.1 Å². The van der Waals surface area contributed by atoms with Crippen LogP contribution in [0, 0.1) is 5.82 Å². The number of hydrogen-bond donors (Lipinski definition) is 1. The lowest BCUT2D eigenvalue weighted by Gasteiger charge is -2.29. The number of carbonyl (C=O) groups excluding carboxylic acids is 4. The van der Waals surface area contributed by atoms with Crippen LogP contribution in [0.25, 0.3) is 11.1 Å². The summed E-state index contributed by atoms with van der Waals surface area (Å²) in [6.45, 7) is 0.441. The minimum Gasteiger partial charge on any atom is -0.494 e. The van der Waals surface area contributed by atoms with Crippen LogP contribution in [-0.4, -0.2) is 53.7 Å². The van der Waals surface area contributed by atoms with Crippen molar-refractivity contribution in [1.29, 1.82) is 0 Å². The summed E-state index contributed by atoms with van der Waals surface area (Å²) < 4.78 is 25.8. The number of β-lactam (4-membered cyclic amide) rings is 1. The number of furan rings is 1. The molecule has 4 amide bonds. The van der Waals surface area contributed by atoms with Crippen molar-refractivity contribution < 1.29 is 32.7 Å². The van der Waals surface area contributed by atoms with Crippen LogP contribution in [0.4, 0.5) is 10.2 Å². The van der Waals surface area contributed by atoms with Gasteiger partial charge in [0.05, 0.1) is 19.1 Å². The van der Waals surface area contributed by atoms with Crippen LogP contribution in [0.1, 0.15) is 34.5 Å². The first-order valence-corrected chi connectivity index (χ1v) is 11.0. The Balaban J connectivity index is 1.38. The van der Waals surface area contributed by atoms with Gasteiger partial charge in [-0.2, -0.15) is 0 Å². The number of halogens is 1. The van der Waals surface area contributed by atoms with Gasteiger partial charge in [-0.05, 0) is 23.8 Å². The molecule has 2 aromatic heterocycles. The number of methoxy groups -OCH3 is 1. The van der Waals surface area contributed by atoms with Crippen molar-refractivity contribution in [3.8, 4) is 5.75 Å². The van der Waals surface area contributed by atoms with Gasteiger partial charge in [0, 0.05) is 32.1 Å². The highest BCUT2D eigenvalue weighted by atomic mass is 19.1. The number of ether oxygens (including phenoxy) is 1. The van der Waals surface area contributed by atoms with Crippen molar-refractivity contribution >= 4 is 40.5 Å². The summed E-state index contributed by atoms with van der Waals surface area (Å²) in [6.07, 6.45) is 0.218. The molecule has 0 bridgehead atoms. The maximum atomic E-state index is 14.8. The minimum absolute atomic E-state index is 0.0335. The zero-order valence-electron chi connectivity index (χ0n) is 18.6. The predicted molar refractivity (Wildman–Crippen MR) is 118 cm³/mol. The molecule has 0 unspecified atom stereocenters. The van der Waals surface area contributed by atoms with Crippen molar-refractivity contribution in [2.45, 2.75) is 24.8 Å². The summed E-state index contributed by atoms with van der Waals surface area (Å²) in [5.74, 6) is -1.94. The summed E-state index contributed by atoms with van der Waals surface area (Å²) in [4.78, 5) is 57.6. The monoisotopic (exact) mass is 478 g/mol. The van der Waals surface area contributed by atoms with Gasteiger partial charge in [-0.1, -0.05) is 6.07 Å². The van der Waals surface area contributed by atoms with Crippen LogP contribution in [0.15, 0.2) is 34.7 Å². The van der Waals surface area contributed by atoms with Crippen molar-refractivity contribution in [2.75, 3.05) is 25.1 Å². The fourth-order valence-electron chi connectivity index (χ4n) is 4.91. The average molecular weight is 478 g/mol. The zero-order chi connectivity index (χ0) is 24.5. The van der Waals surface area contributed by atoms with Gasteiger partial charge in [0.25, 0.3) is 5.91 Å². The summed E-state index contributed by atoms with van der Waals surface area (Å²) in [5.41, 5.74) is -0.378. The van der Waals surface area contributed by atoms with Crippen LogP contribution in [0.5, 0.6) is 5.75 Å². The van der Waals surface area contributed by atoms with E-state index < -0.39 is 29.0 Å². The number of rotatable bonds is 5. The van der Waals surface area contributed by atoms with Crippen LogP contribution in [0.3, 0.4) is 0 Å². The Hall–Kier alpha value is -4.28. The molecule has 10 nitrogen and oxygen atoms in total. The number of anilines is 1. The first-order valence-electron chi connectivity index (χ1n) is 11.0. The zero-order valence-corrected chi connectivity index (χ0v) is 18.6. The standard InChI is InChI=1S/C24H19FN4O6/c1-34-15-3-2-12-10-28(22(32)20(12)21(15)25)11-24(9-18(30)27-23(24)33)16-8-13-14(35-16)4-5-17(26-13)29-7-6-19(29)31/h2-5,8H,6-7,9-11H2,1H3,(H,27,30,33)/t24-/m1/s1. The Labute approximate surface area is 197 Å². The van der Waals surface area contributed by atoms with Gasteiger partial charge in [0.1, 0.15) is 22.5 Å². The summed E-state index contributed by atoms with van der Waals surface area (Å²) in [6, 6.07) is 7.89. The molecule has 1 N–H and O–H groups in total. The molecule has 6 rings (SSSR count). The Morgan fingerprint density at radius 1 is 1.20 bits per heavy atom. The highest BCUT2D eigenvalue weighted by Crippen LogP contribution is 2.40. The van der Waals surface area contributed by atoms with Gasteiger partial charge in [-0.3, -0.25) is 29.4 Å². The molecular weight excluding hydrogens is 459 g/mol. The average Bonchev–Trinajstić information content (AvgIpc) is 3.47. The van der Waals surface area contributed by atoms with Gasteiger partial charge in [0.2, 0.25) is 17.7 Å². The second kappa shape index (κ2) is 7.36. The van der Waals surface area contributed by atoms with Crippen molar-refractivity contribution in [3.05, 3.63) is 53.0 Å². The Morgan fingerprint density at radius 3 is 2.69 bits per heavy atom. The summed E-state index contributed by atoms with van der Waals surface area (Å²) in [5, 5.41) is 2.30. The highest BCUT2D eigenvalue weighted by Gasteiger charge is 2.53. The van der Waals surface area contributed by atoms with Gasteiger partial charge in [-0.15, -0.1) is 0 Å². The molecular formula is C24H19FN4O6. The number of fused-ring (bicyclic) bond motifs is 2. The molecule has 1 atom stereocenters. The summed E-state index contributed by atoms with van der Waals surface area (Å²) >= 11 is 0. The van der Waals surface area contributed by atoms with Crippen LogP contribution in [0.2, 0.25) is 0 Å². The van der Waals surface area contributed by atoms with E-state index in [4.69, 9.17) is 9.15 Å². The van der Waals surface area contributed by atoms with E-state index in [1.807, 2.05) is 0 Å². The number of nitrogens with zero attached hydrogens (tertiary/aromatic N) is 3. The first-order chi connectivity index (χ1) is 16.8. The molecule has 1 aromatic carbocycles. The maximum absolute atomic E-state index is 14.8. The number of imide groups is 1. The lowest BCUT2D eigenvalue weighted by atomic mass is 9.82. The molecule has 0 saturated carbocycles. The van der Waals surface area contributed by atoms with Gasteiger partial charge >= 0.3 is 0 Å². The fourth-order valence-corrected chi connectivity index (χ4v) is 4.91. The number of amides is 4. The fraction of sp³-hybridized carbons (Fsp3) is 0.292. The van der Waals surface area contributed by atoms with E-state index in [0.717, 1.165) is 0 Å². The number of nitrogens with one attached hydrogen (secondary N) is 1. The molecule has 11 heteroatoms. The predicted octanol–water partition coefficient (Wildman–Crippen LogP) is 1.65. The van der Waals surface area contributed by atoms with Crippen LogP contribution >= 0.6 is 0 Å². The SMILES string of the molecule is COc1ccc2c(c1F)C(=O)N(C[C@@]1(c3cc4nc(N5CCC5=O)ccc4o3)CC(=O)NC1=O)C2. The topological polar surface area (TPSA) is 122 Å². The lowest BCUT2D eigenvalue weighted by Crippen LogP contribution is -2.46. The number of hydrogen-bond acceptors (Lipinski definition) is 7. The largest absolute Gasteiger partial charge is 0.494 e. The number of pyridine rings is 1. The maximum Gasteiger partial charge on any atom is 0.257 e. The molecule has 35 heavy (non-hydrogen) atoms. The summed E-state index contributed by atoms with van der Waals surface area (Å²) in [7, 11) is 1.31. The molecule has 3 aliphatic heterocycles. The molecule has 0 spiro atoms. The minimum atomic E-state index is -1.51. The molecule has 0 radical (unpaired) electrons. The Morgan fingerprint density at radius 2 is 2.03 bits per heavy atom. The quantitative estimate of drug-likeness (QED) is 0.437. The van der Waals surface area contributed by atoms with Crippen molar-refractivity contribution in [3.63, 3.8) is 0 Å². The van der Waals surface area contributed by atoms with E-state index in [9.17, 15) is 23.6 Å². The van der Waals surface area contributed by atoms with E-state index in [-0.39, 0.29) is 42.5 Å². The molecule has 0 aliphatic carbocycles. The molecule has 3 aliphatic rings. The Bertz CT molecular complexity index is 1470. The second-order valence-electron chi connectivity index (χ2n) is 8.87. The Kier molecular flexibility index (Phi) is 4.47. The number of carbonyl (C=O) groups is 4. The number of aromatic nitrogens is 1. The molecule has 2 fully saturated rings. The third-order valence-corrected chi connectivity index (χ3v) is 6.84. The smallest absolute Gasteiger partial charge is 0.257 e. The van der Waals surface area contributed by atoms with Crippen molar-refractivity contribution in [1.82, 2.24) is 15.2 Å². The van der Waals surface area contributed by atoms with Crippen molar-refractivity contribution in [2.24, 2.45) is 0 Å². The third-order valence-electron chi connectivity index (χ3n) is 6.84. The number of benzene rings is 1. The second-order valence-corrected chi connectivity index (χ2v) is 8.87.